The molecule has 9 nitrogen and oxygen atoms in total. The Kier molecular flexibility index (Phi) is 8.96. The summed E-state index contributed by atoms with van der Waals surface area (Å²) in [5, 5.41) is 10.8. The molecule has 0 radical (unpaired) electrons. The van der Waals surface area contributed by atoms with Gasteiger partial charge in [-0.3, -0.25) is 14.4 Å². The number of thioether (sulfide) groups is 1. The van der Waals surface area contributed by atoms with E-state index in [0.29, 0.717) is 16.7 Å². The van der Waals surface area contributed by atoms with Crippen LogP contribution < -0.4 is 10.2 Å². The van der Waals surface area contributed by atoms with Crippen LogP contribution in [0.1, 0.15) is 13.8 Å². The molecule has 2 aromatic carbocycles. The Bertz CT molecular complexity index is 1170. The first-order valence-electron chi connectivity index (χ1n) is 10.9. The Morgan fingerprint density at radius 1 is 1.11 bits per heavy atom. The van der Waals surface area contributed by atoms with Gasteiger partial charge in [-0.1, -0.05) is 42.1 Å². The summed E-state index contributed by atoms with van der Waals surface area (Å²) >= 11 is 1.19. The van der Waals surface area contributed by atoms with Crippen molar-refractivity contribution in [1.82, 2.24) is 20.1 Å². The third kappa shape index (κ3) is 6.89. The minimum atomic E-state index is -0.649. The van der Waals surface area contributed by atoms with Crippen LogP contribution in [0.5, 0.6) is 0 Å². The molecule has 0 aliphatic carbocycles. The lowest BCUT2D eigenvalue weighted by molar-refractivity contribution is -0.143. The average molecular weight is 500 g/mol. The topological polar surface area (TPSA) is 106 Å². The van der Waals surface area contributed by atoms with E-state index in [1.165, 1.54) is 40.9 Å². The van der Waals surface area contributed by atoms with Crippen LogP contribution in [-0.2, 0) is 26.2 Å². The summed E-state index contributed by atoms with van der Waals surface area (Å²) in [6, 6.07) is 14.8. The predicted molar refractivity (Wildman–Crippen MR) is 130 cm³/mol. The van der Waals surface area contributed by atoms with Gasteiger partial charge in [0.1, 0.15) is 18.9 Å². The molecule has 0 fully saturated rings. The molecule has 35 heavy (non-hydrogen) atoms. The average Bonchev–Trinajstić information content (AvgIpc) is 3.22. The van der Waals surface area contributed by atoms with Gasteiger partial charge in [-0.15, -0.1) is 10.2 Å². The number of carbonyl (C=O) groups is 3. The van der Waals surface area contributed by atoms with Crippen LogP contribution in [0.15, 0.2) is 59.8 Å². The van der Waals surface area contributed by atoms with Crippen molar-refractivity contribution in [2.45, 2.75) is 24.3 Å². The minimum Gasteiger partial charge on any atom is -0.465 e. The molecule has 0 saturated carbocycles. The molecule has 1 N–H and O–H groups in total. The van der Waals surface area contributed by atoms with Gasteiger partial charge >= 0.3 is 5.97 Å². The molecule has 3 rings (SSSR count). The Morgan fingerprint density at radius 2 is 1.80 bits per heavy atom. The number of ether oxygens (including phenoxy) is 1. The zero-order valence-corrected chi connectivity index (χ0v) is 20.4. The van der Waals surface area contributed by atoms with Crippen molar-refractivity contribution in [3.63, 3.8) is 0 Å². The predicted octanol–water partition coefficient (Wildman–Crippen LogP) is 2.81. The maximum Gasteiger partial charge on any atom is 0.325 e. The zero-order chi connectivity index (χ0) is 25.4. The minimum absolute atomic E-state index is 0.192. The molecule has 1 heterocycles. The quantitative estimate of drug-likeness (QED) is 0.338. The van der Waals surface area contributed by atoms with Crippen LogP contribution in [0, 0.1) is 5.82 Å². The van der Waals surface area contributed by atoms with Crippen LogP contribution in [0.4, 0.5) is 10.1 Å². The van der Waals surface area contributed by atoms with Crippen molar-refractivity contribution in [2.24, 2.45) is 7.05 Å². The largest absolute Gasteiger partial charge is 0.465 e. The monoisotopic (exact) mass is 499 g/mol. The van der Waals surface area contributed by atoms with E-state index in [1.54, 1.807) is 18.4 Å². The maximum absolute atomic E-state index is 13.5. The Balaban J connectivity index is 1.75. The maximum atomic E-state index is 13.5. The lowest BCUT2D eigenvalue weighted by Crippen LogP contribution is -2.45. The fourth-order valence-corrected chi connectivity index (χ4v) is 4.06. The molecular formula is C24H26FN5O4S. The molecule has 1 aromatic heterocycles. The molecule has 11 heteroatoms. The number of nitrogens with one attached hydrogen (secondary N) is 1. The van der Waals surface area contributed by atoms with Crippen LogP contribution in [0.3, 0.4) is 0 Å². The van der Waals surface area contributed by atoms with Gasteiger partial charge in [0.25, 0.3) is 0 Å². The first-order valence-corrected chi connectivity index (χ1v) is 11.8. The fourth-order valence-electron chi connectivity index (χ4n) is 3.18. The van der Waals surface area contributed by atoms with E-state index in [0.717, 1.165) is 5.56 Å². The van der Waals surface area contributed by atoms with E-state index in [4.69, 9.17) is 4.74 Å². The lowest BCUT2D eigenvalue weighted by Gasteiger charge is -2.25. The number of benzene rings is 2. The van der Waals surface area contributed by atoms with Crippen LogP contribution in [-0.4, -0.2) is 57.5 Å². The Morgan fingerprint density at radius 3 is 2.46 bits per heavy atom. The molecule has 1 unspecified atom stereocenters. The molecule has 1 atom stereocenters. The number of halogens is 1. The second-order valence-corrected chi connectivity index (χ2v) is 8.78. The number of hydrogen-bond acceptors (Lipinski definition) is 7. The number of anilines is 1. The normalized spacial score (nSPS) is 11.5. The number of carbonyl (C=O) groups excluding carboxylic acids is 3. The van der Waals surface area contributed by atoms with E-state index in [2.05, 4.69) is 15.5 Å². The zero-order valence-electron chi connectivity index (χ0n) is 19.6. The van der Waals surface area contributed by atoms with Gasteiger partial charge in [-0.05, 0) is 38.1 Å². The molecular weight excluding hydrogens is 473 g/mol. The van der Waals surface area contributed by atoms with Crippen molar-refractivity contribution >= 4 is 35.2 Å². The Hall–Kier alpha value is -3.73. The number of rotatable bonds is 10. The summed E-state index contributed by atoms with van der Waals surface area (Å²) in [6.07, 6.45) is 0. The lowest BCUT2D eigenvalue weighted by atomic mass is 10.2. The SMILES string of the molecule is CCOC(=O)CNC(=O)CN(C(=O)C(C)Sc1nnc(-c2ccccc2)n1C)c1ccc(F)cc1. The van der Waals surface area contributed by atoms with Crippen molar-refractivity contribution in [2.75, 3.05) is 24.6 Å². The van der Waals surface area contributed by atoms with Crippen molar-refractivity contribution < 1.29 is 23.5 Å². The van der Waals surface area contributed by atoms with Gasteiger partial charge in [-0.2, -0.15) is 0 Å². The first kappa shape index (κ1) is 25.9. The van der Waals surface area contributed by atoms with Gasteiger partial charge in [-0.25, -0.2) is 4.39 Å². The van der Waals surface area contributed by atoms with Crippen molar-refractivity contribution in [1.29, 1.82) is 0 Å². The van der Waals surface area contributed by atoms with E-state index < -0.39 is 28.9 Å². The van der Waals surface area contributed by atoms with Crippen molar-refractivity contribution in [3.05, 3.63) is 60.4 Å². The molecule has 0 bridgehead atoms. The van der Waals surface area contributed by atoms with Crippen LogP contribution in [0.2, 0.25) is 0 Å². The highest BCUT2D eigenvalue weighted by molar-refractivity contribution is 8.00. The third-order valence-electron chi connectivity index (χ3n) is 4.94. The van der Waals surface area contributed by atoms with E-state index in [9.17, 15) is 18.8 Å². The second-order valence-electron chi connectivity index (χ2n) is 7.47. The summed E-state index contributed by atoms with van der Waals surface area (Å²) in [5.41, 5.74) is 1.23. The highest BCUT2D eigenvalue weighted by atomic mass is 32.2. The summed E-state index contributed by atoms with van der Waals surface area (Å²) in [6.45, 7) is 2.87. The highest BCUT2D eigenvalue weighted by Crippen LogP contribution is 2.28. The number of esters is 1. The summed E-state index contributed by atoms with van der Waals surface area (Å²) in [7, 11) is 1.81. The van der Waals surface area contributed by atoms with E-state index in [-0.39, 0.29) is 19.7 Å². The number of amides is 2. The van der Waals surface area contributed by atoms with Crippen LogP contribution in [0.25, 0.3) is 11.4 Å². The fraction of sp³-hybridized carbons (Fsp3) is 0.292. The van der Waals surface area contributed by atoms with Gasteiger partial charge < -0.3 is 19.5 Å². The summed E-state index contributed by atoms with van der Waals surface area (Å²) in [4.78, 5) is 38.6. The highest BCUT2D eigenvalue weighted by Gasteiger charge is 2.27. The third-order valence-corrected chi connectivity index (χ3v) is 6.06. The molecule has 0 aliphatic heterocycles. The molecule has 0 saturated heterocycles. The van der Waals surface area contributed by atoms with Gasteiger partial charge in [0.2, 0.25) is 11.8 Å². The summed E-state index contributed by atoms with van der Waals surface area (Å²) < 4.78 is 20.1. The smallest absolute Gasteiger partial charge is 0.325 e. The summed E-state index contributed by atoms with van der Waals surface area (Å²) in [5.74, 6) is -1.35. The number of hydrogen-bond donors (Lipinski definition) is 1. The molecule has 0 spiro atoms. The van der Waals surface area contributed by atoms with E-state index >= 15 is 0 Å². The van der Waals surface area contributed by atoms with Gasteiger partial charge in [0, 0.05) is 18.3 Å². The molecule has 0 aliphatic rings. The van der Waals surface area contributed by atoms with Gasteiger partial charge in [0.05, 0.1) is 11.9 Å². The Labute approximate surface area is 206 Å². The van der Waals surface area contributed by atoms with Crippen LogP contribution >= 0.6 is 11.8 Å². The number of nitrogens with zero attached hydrogens (tertiary/aromatic N) is 4. The second kappa shape index (κ2) is 12.1. The van der Waals surface area contributed by atoms with E-state index in [1.807, 2.05) is 37.4 Å². The van der Waals surface area contributed by atoms with Gasteiger partial charge in [0.15, 0.2) is 11.0 Å². The number of aromatic nitrogens is 3. The molecule has 2 amide bonds. The molecule has 184 valence electrons. The molecule has 3 aromatic rings. The first-order chi connectivity index (χ1) is 16.8. The standard InChI is InChI=1S/C24H26FN5O4S/c1-4-34-21(32)14-26-20(31)15-30(19-12-10-18(25)11-13-19)23(33)16(2)35-24-28-27-22(29(24)3)17-8-6-5-7-9-17/h5-13,16H,4,14-15H2,1-3H3,(H,26,31). The van der Waals surface area contributed by atoms with Crippen molar-refractivity contribution in [3.8, 4) is 11.4 Å².